The van der Waals surface area contributed by atoms with Crippen LogP contribution in [0.4, 0.5) is 11.4 Å². The van der Waals surface area contributed by atoms with Gasteiger partial charge >= 0.3 is 5.69 Å². The zero-order chi connectivity index (χ0) is 17.7. The molecule has 2 N–H and O–H groups in total. The van der Waals surface area contributed by atoms with E-state index in [-0.39, 0.29) is 22.1 Å². The predicted octanol–water partition coefficient (Wildman–Crippen LogP) is 3.38. The molecule has 0 atom stereocenters. The van der Waals surface area contributed by atoms with Crippen molar-refractivity contribution in [1.29, 1.82) is 0 Å². The number of anilines is 1. The number of nitrogens with one attached hydrogen (secondary N) is 2. The van der Waals surface area contributed by atoms with Crippen LogP contribution in [0.1, 0.15) is 10.4 Å². The SMILES string of the molecule is COc1ccc(C(=O)NC(=S)Nc2cccc(Cl)c2)cc1[N+](=O)[O-]. The maximum atomic E-state index is 12.2. The highest BCUT2D eigenvalue weighted by Gasteiger charge is 2.18. The van der Waals surface area contributed by atoms with Gasteiger partial charge in [-0.05, 0) is 42.5 Å². The number of hydrogen-bond donors (Lipinski definition) is 2. The molecule has 2 aromatic carbocycles. The molecule has 0 bridgehead atoms. The van der Waals surface area contributed by atoms with Crippen molar-refractivity contribution in [3.8, 4) is 5.75 Å². The molecule has 0 saturated heterocycles. The molecular formula is C15H12ClN3O4S. The average molecular weight is 366 g/mol. The lowest BCUT2D eigenvalue weighted by Crippen LogP contribution is -2.34. The van der Waals surface area contributed by atoms with Crippen molar-refractivity contribution in [2.24, 2.45) is 0 Å². The molecule has 0 spiro atoms. The van der Waals surface area contributed by atoms with Crippen LogP contribution in [-0.2, 0) is 0 Å². The summed E-state index contributed by atoms with van der Waals surface area (Å²) < 4.78 is 4.89. The van der Waals surface area contributed by atoms with E-state index in [9.17, 15) is 14.9 Å². The van der Waals surface area contributed by atoms with Crippen LogP contribution in [0, 0.1) is 10.1 Å². The third kappa shape index (κ3) is 4.40. The summed E-state index contributed by atoms with van der Waals surface area (Å²) in [7, 11) is 1.31. The number of thiocarbonyl (C=S) groups is 1. The summed E-state index contributed by atoms with van der Waals surface area (Å²) in [4.78, 5) is 22.5. The van der Waals surface area contributed by atoms with E-state index in [1.165, 1.54) is 19.2 Å². The van der Waals surface area contributed by atoms with Crippen LogP contribution >= 0.6 is 23.8 Å². The minimum absolute atomic E-state index is 0.0423. The third-order valence-corrected chi connectivity index (χ3v) is 3.39. The number of nitrogens with zero attached hydrogens (tertiary/aromatic N) is 1. The van der Waals surface area contributed by atoms with Crippen LogP contribution in [0.15, 0.2) is 42.5 Å². The zero-order valence-corrected chi connectivity index (χ0v) is 14.0. The number of nitro groups is 1. The van der Waals surface area contributed by atoms with Crippen molar-refractivity contribution in [3.05, 3.63) is 63.2 Å². The molecule has 124 valence electrons. The van der Waals surface area contributed by atoms with Crippen molar-refractivity contribution in [3.63, 3.8) is 0 Å². The van der Waals surface area contributed by atoms with Gasteiger partial charge in [0.05, 0.1) is 12.0 Å². The molecule has 0 unspecified atom stereocenters. The molecule has 0 saturated carbocycles. The van der Waals surface area contributed by atoms with Gasteiger partial charge in [-0.3, -0.25) is 20.2 Å². The van der Waals surface area contributed by atoms with E-state index in [1.807, 2.05) is 0 Å². The first kappa shape index (κ1) is 17.6. The number of methoxy groups -OCH3 is 1. The van der Waals surface area contributed by atoms with E-state index in [1.54, 1.807) is 24.3 Å². The van der Waals surface area contributed by atoms with E-state index in [0.717, 1.165) is 6.07 Å². The Balaban J connectivity index is 2.10. The first-order valence-corrected chi connectivity index (χ1v) is 7.39. The van der Waals surface area contributed by atoms with Crippen LogP contribution in [0.2, 0.25) is 5.02 Å². The fourth-order valence-electron chi connectivity index (χ4n) is 1.88. The maximum Gasteiger partial charge on any atom is 0.311 e. The topological polar surface area (TPSA) is 93.5 Å². The van der Waals surface area contributed by atoms with Gasteiger partial charge in [0.25, 0.3) is 5.91 Å². The van der Waals surface area contributed by atoms with Gasteiger partial charge in [-0.1, -0.05) is 17.7 Å². The Morgan fingerprint density at radius 3 is 2.67 bits per heavy atom. The zero-order valence-electron chi connectivity index (χ0n) is 12.4. The molecule has 0 heterocycles. The predicted molar refractivity (Wildman–Crippen MR) is 94.8 cm³/mol. The number of carbonyl (C=O) groups excluding carboxylic acids is 1. The van der Waals surface area contributed by atoms with Gasteiger partial charge in [-0.25, -0.2) is 0 Å². The van der Waals surface area contributed by atoms with E-state index < -0.39 is 10.8 Å². The number of nitro benzene ring substituents is 1. The summed E-state index contributed by atoms with van der Waals surface area (Å²) in [6.45, 7) is 0. The van der Waals surface area contributed by atoms with Crippen LogP contribution < -0.4 is 15.4 Å². The van der Waals surface area contributed by atoms with Gasteiger partial charge in [0, 0.05) is 22.3 Å². The van der Waals surface area contributed by atoms with E-state index >= 15 is 0 Å². The van der Waals surface area contributed by atoms with Gasteiger partial charge in [-0.2, -0.15) is 0 Å². The van der Waals surface area contributed by atoms with Crippen LogP contribution in [0.5, 0.6) is 5.75 Å². The lowest BCUT2D eigenvalue weighted by Gasteiger charge is -2.10. The highest BCUT2D eigenvalue weighted by molar-refractivity contribution is 7.80. The molecular weight excluding hydrogens is 354 g/mol. The molecule has 0 aliphatic rings. The standard InChI is InChI=1S/C15H12ClN3O4S/c1-23-13-6-5-9(7-12(13)19(21)22)14(20)18-15(24)17-11-4-2-3-10(16)8-11/h2-8H,1H3,(H2,17,18,20,24). The third-order valence-electron chi connectivity index (χ3n) is 2.95. The average Bonchev–Trinajstić information content (AvgIpc) is 2.53. The number of hydrogen-bond acceptors (Lipinski definition) is 5. The van der Waals surface area contributed by atoms with Gasteiger partial charge in [0.15, 0.2) is 10.9 Å². The summed E-state index contributed by atoms with van der Waals surface area (Å²) in [6, 6.07) is 10.7. The Bertz CT molecular complexity index is 813. The molecule has 2 rings (SSSR count). The normalized spacial score (nSPS) is 9.92. The van der Waals surface area contributed by atoms with Crippen molar-refractivity contribution < 1.29 is 14.5 Å². The van der Waals surface area contributed by atoms with Crippen LogP contribution in [-0.4, -0.2) is 23.1 Å². The second-order valence-corrected chi connectivity index (χ2v) is 5.41. The number of halogens is 1. The molecule has 1 amide bonds. The van der Waals surface area contributed by atoms with Crippen molar-refractivity contribution in [1.82, 2.24) is 5.32 Å². The largest absolute Gasteiger partial charge is 0.490 e. The molecule has 9 heteroatoms. The van der Waals surface area contributed by atoms with Crippen molar-refractivity contribution in [2.75, 3.05) is 12.4 Å². The minimum atomic E-state index is -0.627. The second-order valence-electron chi connectivity index (χ2n) is 4.56. The minimum Gasteiger partial charge on any atom is -0.490 e. The van der Waals surface area contributed by atoms with E-state index in [4.69, 9.17) is 28.6 Å². The lowest BCUT2D eigenvalue weighted by molar-refractivity contribution is -0.385. The number of benzene rings is 2. The Labute approximate surface area is 147 Å². The molecule has 0 aromatic heterocycles. The summed E-state index contributed by atoms with van der Waals surface area (Å²) in [5.74, 6) is -0.517. The number of rotatable bonds is 4. The first-order chi connectivity index (χ1) is 11.4. The van der Waals surface area contributed by atoms with Crippen molar-refractivity contribution in [2.45, 2.75) is 0 Å². The van der Waals surface area contributed by atoms with Crippen LogP contribution in [0.25, 0.3) is 0 Å². The first-order valence-electron chi connectivity index (χ1n) is 6.61. The Hall–Kier alpha value is -2.71. The van der Waals surface area contributed by atoms with Gasteiger partial charge in [0.2, 0.25) is 0 Å². The lowest BCUT2D eigenvalue weighted by atomic mass is 10.2. The monoisotopic (exact) mass is 365 g/mol. The summed E-state index contributed by atoms with van der Waals surface area (Å²) in [5, 5.41) is 16.8. The summed E-state index contributed by atoms with van der Waals surface area (Å²) in [5.41, 5.74) is 0.380. The second kappa shape index (κ2) is 7.71. The van der Waals surface area contributed by atoms with E-state index in [2.05, 4.69) is 10.6 Å². The number of carbonyl (C=O) groups is 1. The Morgan fingerprint density at radius 2 is 2.04 bits per heavy atom. The molecule has 0 radical (unpaired) electrons. The molecule has 0 fully saturated rings. The molecule has 24 heavy (non-hydrogen) atoms. The Morgan fingerprint density at radius 1 is 1.29 bits per heavy atom. The van der Waals surface area contributed by atoms with Crippen LogP contribution in [0.3, 0.4) is 0 Å². The summed E-state index contributed by atoms with van der Waals surface area (Å²) in [6.07, 6.45) is 0. The highest BCUT2D eigenvalue weighted by Crippen LogP contribution is 2.27. The van der Waals surface area contributed by atoms with Gasteiger partial charge < -0.3 is 10.1 Å². The quantitative estimate of drug-likeness (QED) is 0.490. The molecule has 2 aromatic rings. The number of amides is 1. The molecule has 0 aliphatic carbocycles. The van der Waals surface area contributed by atoms with Crippen molar-refractivity contribution >= 4 is 46.2 Å². The smallest absolute Gasteiger partial charge is 0.311 e. The highest BCUT2D eigenvalue weighted by atomic mass is 35.5. The molecule has 0 aliphatic heterocycles. The Kier molecular flexibility index (Phi) is 5.67. The van der Waals surface area contributed by atoms with Gasteiger partial charge in [-0.15, -0.1) is 0 Å². The fraction of sp³-hybridized carbons (Fsp3) is 0.0667. The fourth-order valence-corrected chi connectivity index (χ4v) is 2.28. The van der Waals surface area contributed by atoms with E-state index in [0.29, 0.717) is 10.7 Å². The number of ether oxygens (including phenoxy) is 1. The maximum absolute atomic E-state index is 12.2. The summed E-state index contributed by atoms with van der Waals surface area (Å²) >= 11 is 10.9. The molecule has 7 nitrogen and oxygen atoms in total. The van der Waals surface area contributed by atoms with Gasteiger partial charge in [0.1, 0.15) is 0 Å².